The van der Waals surface area contributed by atoms with Crippen molar-refractivity contribution in [3.8, 4) is 16.3 Å². The van der Waals surface area contributed by atoms with E-state index >= 15 is 0 Å². The first-order valence-electron chi connectivity index (χ1n) is 9.08. The van der Waals surface area contributed by atoms with E-state index in [1.165, 1.54) is 22.5 Å². The van der Waals surface area contributed by atoms with Crippen LogP contribution in [0, 0.1) is 0 Å². The zero-order valence-corrected chi connectivity index (χ0v) is 16.0. The number of hydrogen-bond acceptors (Lipinski definition) is 5. The second-order valence-corrected chi connectivity index (χ2v) is 7.66. The number of rotatable bonds is 5. The third kappa shape index (κ3) is 4.01. The van der Waals surface area contributed by atoms with Gasteiger partial charge in [0, 0.05) is 12.0 Å². The molecule has 6 heteroatoms. The maximum Gasteiger partial charge on any atom is 0.226 e. The third-order valence-electron chi connectivity index (χ3n) is 4.91. The normalized spacial score (nSPS) is 15.8. The fraction of sp³-hybridized carbons (Fsp3) is 0.286. The molecule has 1 heterocycles. The molecular weight excluding hydrogens is 358 g/mol. The number of carbonyl (C=O) groups excluding carboxylic acids is 1. The van der Waals surface area contributed by atoms with Crippen molar-refractivity contribution >= 4 is 22.4 Å². The Kier molecular flexibility index (Phi) is 5.16. The lowest BCUT2D eigenvalue weighted by Crippen LogP contribution is -2.18. The Hall–Kier alpha value is -2.73. The van der Waals surface area contributed by atoms with Gasteiger partial charge in [-0.05, 0) is 48.4 Å². The van der Waals surface area contributed by atoms with Crippen LogP contribution in [0.3, 0.4) is 0 Å². The van der Waals surface area contributed by atoms with Crippen molar-refractivity contribution < 1.29 is 9.53 Å². The molecule has 2 aromatic carbocycles. The van der Waals surface area contributed by atoms with Gasteiger partial charge in [-0.15, -0.1) is 10.2 Å². The predicted molar refractivity (Wildman–Crippen MR) is 107 cm³/mol. The predicted octanol–water partition coefficient (Wildman–Crippen LogP) is 4.66. The number of nitrogens with zero attached hydrogens (tertiary/aromatic N) is 2. The lowest BCUT2D eigenvalue weighted by atomic mass is 9.81. The van der Waals surface area contributed by atoms with Gasteiger partial charge in [0.1, 0.15) is 10.8 Å². The van der Waals surface area contributed by atoms with Crippen molar-refractivity contribution in [2.75, 3.05) is 12.4 Å². The molecule has 5 nitrogen and oxygen atoms in total. The highest BCUT2D eigenvalue weighted by Crippen LogP contribution is 2.36. The largest absolute Gasteiger partial charge is 0.497 e. The molecule has 1 amide bonds. The zero-order valence-electron chi connectivity index (χ0n) is 15.1. The molecule has 1 aromatic heterocycles. The Balaban J connectivity index is 1.43. The molecule has 0 radical (unpaired) electrons. The molecule has 1 unspecified atom stereocenters. The zero-order chi connectivity index (χ0) is 18.6. The number of aryl methyl sites for hydroxylation is 1. The van der Waals surface area contributed by atoms with E-state index in [0.717, 1.165) is 35.6 Å². The van der Waals surface area contributed by atoms with Crippen molar-refractivity contribution in [3.05, 3.63) is 59.7 Å². The number of benzene rings is 2. The highest BCUT2D eigenvalue weighted by molar-refractivity contribution is 7.18. The first-order valence-corrected chi connectivity index (χ1v) is 9.90. The van der Waals surface area contributed by atoms with E-state index in [0.29, 0.717) is 11.6 Å². The smallest absolute Gasteiger partial charge is 0.226 e. The van der Waals surface area contributed by atoms with E-state index in [1.54, 1.807) is 7.11 Å². The Bertz CT molecular complexity index is 940. The molecular formula is C21H21N3O2S. The van der Waals surface area contributed by atoms with Crippen LogP contribution in [-0.2, 0) is 11.2 Å². The molecule has 1 aliphatic carbocycles. The van der Waals surface area contributed by atoms with E-state index in [-0.39, 0.29) is 11.8 Å². The van der Waals surface area contributed by atoms with E-state index in [2.05, 4.69) is 27.6 Å². The lowest BCUT2D eigenvalue weighted by Gasteiger charge is -2.25. The lowest BCUT2D eigenvalue weighted by molar-refractivity contribution is -0.116. The van der Waals surface area contributed by atoms with Gasteiger partial charge in [-0.3, -0.25) is 4.79 Å². The fourth-order valence-electron chi connectivity index (χ4n) is 3.60. The number of nitrogens with one attached hydrogen (secondary N) is 1. The fourth-order valence-corrected chi connectivity index (χ4v) is 4.36. The van der Waals surface area contributed by atoms with Crippen molar-refractivity contribution in [2.24, 2.45) is 0 Å². The van der Waals surface area contributed by atoms with Gasteiger partial charge in [0.15, 0.2) is 0 Å². The summed E-state index contributed by atoms with van der Waals surface area (Å²) in [6.07, 6.45) is 3.62. The number of carbonyl (C=O) groups is 1. The minimum Gasteiger partial charge on any atom is -0.497 e. The van der Waals surface area contributed by atoms with E-state index in [9.17, 15) is 4.79 Å². The van der Waals surface area contributed by atoms with Crippen LogP contribution in [0.1, 0.15) is 36.3 Å². The summed E-state index contributed by atoms with van der Waals surface area (Å²) in [6.45, 7) is 0. The number of amides is 1. The molecule has 0 bridgehead atoms. The van der Waals surface area contributed by atoms with Gasteiger partial charge in [0.25, 0.3) is 0 Å². The Morgan fingerprint density at radius 3 is 2.89 bits per heavy atom. The Labute approximate surface area is 162 Å². The van der Waals surface area contributed by atoms with Crippen LogP contribution in [0.4, 0.5) is 5.13 Å². The maximum atomic E-state index is 12.6. The summed E-state index contributed by atoms with van der Waals surface area (Å²) in [5.74, 6) is 1.10. The molecule has 27 heavy (non-hydrogen) atoms. The topological polar surface area (TPSA) is 64.1 Å². The van der Waals surface area contributed by atoms with Crippen molar-refractivity contribution in [3.63, 3.8) is 0 Å². The molecule has 0 saturated heterocycles. The average molecular weight is 379 g/mol. The molecule has 1 aliphatic rings. The molecule has 4 rings (SSSR count). The minimum absolute atomic E-state index is 0.0144. The SMILES string of the molecule is COc1ccc2c(c1)CCCC2CC(=O)Nc1nnc(-c2ccccc2)s1. The third-order valence-corrected chi connectivity index (χ3v) is 5.80. The summed E-state index contributed by atoms with van der Waals surface area (Å²) in [7, 11) is 1.68. The molecule has 0 saturated carbocycles. The number of fused-ring (bicyclic) bond motifs is 1. The number of aromatic nitrogens is 2. The molecule has 1 atom stereocenters. The summed E-state index contributed by atoms with van der Waals surface area (Å²) in [4.78, 5) is 12.6. The summed E-state index contributed by atoms with van der Waals surface area (Å²) < 4.78 is 5.32. The molecule has 0 fully saturated rings. The number of anilines is 1. The van der Waals surface area contributed by atoms with Crippen molar-refractivity contribution in [1.82, 2.24) is 10.2 Å². The van der Waals surface area contributed by atoms with Gasteiger partial charge in [0.05, 0.1) is 7.11 Å². The van der Waals surface area contributed by atoms with Crippen LogP contribution < -0.4 is 10.1 Å². The van der Waals surface area contributed by atoms with Gasteiger partial charge in [-0.1, -0.05) is 47.7 Å². The van der Waals surface area contributed by atoms with Crippen LogP contribution in [0.15, 0.2) is 48.5 Å². The monoisotopic (exact) mass is 379 g/mol. The number of methoxy groups -OCH3 is 1. The number of ether oxygens (including phenoxy) is 1. The molecule has 3 aromatic rings. The molecule has 1 N–H and O–H groups in total. The Morgan fingerprint density at radius 2 is 2.07 bits per heavy atom. The maximum absolute atomic E-state index is 12.6. The second kappa shape index (κ2) is 7.88. The van der Waals surface area contributed by atoms with Crippen molar-refractivity contribution in [1.29, 1.82) is 0 Å². The van der Waals surface area contributed by atoms with Gasteiger partial charge in [-0.2, -0.15) is 0 Å². The van der Waals surface area contributed by atoms with Crippen LogP contribution in [0.2, 0.25) is 0 Å². The first-order chi connectivity index (χ1) is 13.2. The summed E-state index contributed by atoms with van der Waals surface area (Å²) in [6, 6.07) is 16.0. The van der Waals surface area contributed by atoms with E-state index in [4.69, 9.17) is 4.74 Å². The first kappa shape index (κ1) is 17.7. The Morgan fingerprint density at radius 1 is 1.22 bits per heavy atom. The molecule has 0 spiro atoms. The summed E-state index contributed by atoms with van der Waals surface area (Å²) >= 11 is 1.40. The summed E-state index contributed by atoms with van der Waals surface area (Å²) in [5, 5.41) is 12.6. The van der Waals surface area contributed by atoms with E-state index in [1.807, 2.05) is 36.4 Å². The van der Waals surface area contributed by atoms with Crippen LogP contribution in [0.5, 0.6) is 5.75 Å². The molecule has 138 valence electrons. The highest BCUT2D eigenvalue weighted by Gasteiger charge is 2.23. The number of hydrogen-bond donors (Lipinski definition) is 1. The standard InChI is InChI=1S/C21H21N3O2S/c1-26-17-10-11-18-15(12-17)8-5-9-16(18)13-19(25)22-21-24-23-20(27-21)14-6-3-2-4-7-14/h2-4,6-7,10-12,16H,5,8-9,13H2,1H3,(H,22,24,25). The van der Waals surface area contributed by atoms with E-state index < -0.39 is 0 Å². The quantitative estimate of drug-likeness (QED) is 0.700. The van der Waals surface area contributed by atoms with Crippen LogP contribution in [0.25, 0.3) is 10.6 Å². The second-order valence-electron chi connectivity index (χ2n) is 6.68. The van der Waals surface area contributed by atoms with Crippen molar-refractivity contribution in [2.45, 2.75) is 31.6 Å². The minimum atomic E-state index is -0.0144. The van der Waals surface area contributed by atoms with Gasteiger partial charge in [-0.25, -0.2) is 0 Å². The van der Waals surface area contributed by atoms with Gasteiger partial charge < -0.3 is 10.1 Å². The van der Waals surface area contributed by atoms with Gasteiger partial charge >= 0.3 is 0 Å². The average Bonchev–Trinajstić information content (AvgIpc) is 3.16. The summed E-state index contributed by atoms with van der Waals surface area (Å²) in [5.41, 5.74) is 3.56. The van der Waals surface area contributed by atoms with Crippen LogP contribution in [-0.4, -0.2) is 23.2 Å². The molecule has 0 aliphatic heterocycles. The van der Waals surface area contributed by atoms with Gasteiger partial charge in [0.2, 0.25) is 11.0 Å². The highest BCUT2D eigenvalue weighted by atomic mass is 32.1. The van der Waals surface area contributed by atoms with Crippen LogP contribution >= 0.6 is 11.3 Å².